The molecule has 158 valence electrons. The summed E-state index contributed by atoms with van der Waals surface area (Å²) in [7, 11) is -3.66. The highest BCUT2D eigenvalue weighted by Gasteiger charge is 2.14. The highest BCUT2D eigenvalue weighted by atomic mass is 32.2. The van der Waals surface area contributed by atoms with Crippen molar-refractivity contribution in [2.75, 3.05) is 16.3 Å². The number of rotatable bonds is 5. The molecule has 0 fully saturated rings. The second-order valence-corrected chi connectivity index (χ2v) is 8.80. The Balaban J connectivity index is 1.63. The molecule has 7 nitrogen and oxygen atoms in total. The lowest BCUT2D eigenvalue weighted by atomic mass is 10.1. The number of aryl methyl sites for hydroxylation is 1. The molecule has 1 amide bonds. The average molecular weight is 438 g/mol. The van der Waals surface area contributed by atoms with Crippen molar-refractivity contribution in [3.05, 3.63) is 83.9 Å². The van der Waals surface area contributed by atoms with Crippen LogP contribution in [0.15, 0.2) is 66.7 Å². The van der Waals surface area contributed by atoms with Gasteiger partial charge in [0.1, 0.15) is 11.6 Å². The summed E-state index contributed by atoms with van der Waals surface area (Å²) in [5, 5.41) is 2.65. The number of aromatic nitrogens is 2. The number of imidazole rings is 1. The molecule has 0 aliphatic carbocycles. The van der Waals surface area contributed by atoms with Crippen LogP contribution < -0.4 is 10.0 Å². The number of hydrogen-bond acceptors (Lipinski definition) is 4. The second-order valence-electron chi connectivity index (χ2n) is 7.06. The molecule has 0 spiro atoms. The lowest BCUT2D eigenvalue weighted by molar-refractivity contribution is 0.102. The summed E-state index contributed by atoms with van der Waals surface area (Å²) >= 11 is 0. The third-order valence-corrected chi connectivity index (χ3v) is 5.21. The van der Waals surface area contributed by atoms with E-state index in [9.17, 15) is 17.6 Å². The molecule has 3 aromatic carbocycles. The van der Waals surface area contributed by atoms with Gasteiger partial charge in [0.2, 0.25) is 10.0 Å². The van der Waals surface area contributed by atoms with Crippen LogP contribution in [0.2, 0.25) is 0 Å². The molecule has 0 aliphatic rings. The predicted octanol–water partition coefficient (Wildman–Crippen LogP) is 4.10. The van der Waals surface area contributed by atoms with Crippen molar-refractivity contribution in [3.63, 3.8) is 0 Å². The highest BCUT2D eigenvalue weighted by Crippen LogP contribution is 2.24. The van der Waals surface area contributed by atoms with Gasteiger partial charge in [-0.3, -0.25) is 14.1 Å². The van der Waals surface area contributed by atoms with Crippen molar-refractivity contribution in [1.29, 1.82) is 0 Å². The Morgan fingerprint density at radius 2 is 1.77 bits per heavy atom. The SMILES string of the molecule is Cc1nc2cc(C(=O)Nc3ccc(F)c(NS(C)(=O)=O)c3)ccc2n1-c1ccccc1. The Kier molecular flexibility index (Phi) is 5.20. The van der Waals surface area contributed by atoms with Crippen molar-refractivity contribution in [1.82, 2.24) is 9.55 Å². The van der Waals surface area contributed by atoms with Crippen molar-refractivity contribution in [2.24, 2.45) is 0 Å². The molecule has 2 N–H and O–H groups in total. The van der Waals surface area contributed by atoms with E-state index in [1.54, 1.807) is 12.1 Å². The summed E-state index contributed by atoms with van der Waals surface area (Å²) in [5.74, 6) is -0.383. The zero-order valence-electron chi connectivity index (χ0n) is 16.8. The number of anilines is 2. The van der Waals surface area contributed by atoms with Gasteiger partial charge in [-0.2, -0.15) is 0 Å². The van der Waals surface area contributed by atoms with Gasteiger partial charge in [-0.25, -0.2) is 17.8 Å². The minimum atomic E-state index is -3.66. The molecule has 31 heavy (non-hydrogen) atoms. The maximum absolute atomic E-state index is 13.9. The Labute approximate surface area is 178 Å². The molecule has 0 atom stereocenters. The summed E-state index contributed by atoms with van der Waals surface area (Å²) < 4.78 is 40.7. The number of benzene rings is 3. The van der Waals surface area contributed by atoms with E-state index in [0.29, 0.717) is 11.1 Å². The molecule has 9 heteroatoms. The molecule has 0 saturated carbocycles. The fraction of sp³-hybridized carbons (Fsp3) is 0.0909. The predicted molar refractivity (Wildman–Crippen MR) is 119 cm³/mol. The summed E-state index contributed by atoms with van der Waals surface area (Å²) in [4.78, 5) is 17.3. The number of hydrogen-bond donors (Lipinski definition) is 2. The number of amides is 1. The number of carbonyl (C=O) groups is 1. The van der Waals surface area contributed by atoms with Gasteiger partial charge < -0.3 is 5.32 Å². The van der Waals surface area contributed by atoms with E-state index in [4.69, 9.17) is 0 Å². The quantitative estimate of drug-likeness (QED) is 0.491. The summed E-state index contributed by atoms with van der Waals surface area (Å²) in [6.07, 6.45) is 0.920. The number of halogens is 1. The molecule has 1 heterocycles. The Morgan fingerprint density at radius 3 is 2.48 bits per heavy atom. The van der Waals surface area contributed by atoms with Gasteiger partial charge in [0, 0.05) is 16.9 Å². The first kappa shape index (κ1) is 20.5. The highest BCUT2D eigenvalue weighted by molar-refractivity contribution is 7.92. The Hall–Kier alpha value is -3.72. The molecule has 0 unspecified atom stereocenters. The fourth-order valence-electron chi connectivity index (χ4n) is 3.33. The van der Waals surface area contributed by atoms with Crippen LogP contribution in [0.4, 0.5) is 15.8 Å². The largest absolute Gasteiger partial charge is 0.322 e. The summed E-state index contributed by atoms with van der Waals surface area (Å²) in [5.41, 5.74) is 2.87. The van der Waals surface area contributed by atoms with E-state index in [0.717, 1.165) is 29.4 Å². The van der Waals surface area contributed by atoms with Gasteiger partial charge in [-0.15, -0.1) is 0 Å². The van der Waals surface area contributed by atoms with Gasteiger partial charge in [0.15, 0.2) is 0 Å². The zero-order chi connectivity index (χ0) is 22.2. The first-order chi connectivity index (χ1) is 14.7. The van der Waals surface area contributed by atoms with Crippen LogP contribution in [0, 0.1) is 12.7 Å². The molecular weight excluding hydrogens is 419 g/mol. The maximum atomic E-state index is 13.9. The van der Waals surface area contributed by atoms with Gasteiger partial charge in [0.25, 0.3) is 5.91 Å². The summed E-state index contributed by atoms with van der Waals surface area (Å²) in [6.45, 7) is 1.89. The van der Waals surface area contributed by atoms with Crippen LogP contribution in [0.5, 0.6) is 0 Å². The third kappa shape index (κ3) is 4.41. The van der Waals surface area contributed by atoms with Gasteiger partial charge >= 0.3 is 0 Å². The van der Waals surface area contributed by atoms with Crippen molar-refractivity contribution < 1.29 is 17.6 Å². The monoisotopic (exact) mass is 438 g/mol. The zero-order valence-corrected chi connectivity index (χ0v) is 17.6. The first-order valence-corrected chi connectivity index (χ1v) is 11.2. The lowest BCUT2D eigenvalue weighted by Crippen LogP contribution is -2.14. The van der Waals surface area contributed by atoms with Gasteiger partial charge in [-0.05, 0) is 55.5 Å². The van der Waals surface area contributed by atoms with E-state index in [1.165, 1.54) is 12.1 Å². The van der Waals surface area contributed by atoms with E-state index >= 15 is 0 Å². The van der Waals surface area contributed by atoms with Crippen LogP contribution in [0.3, 0.4) is 0 Å². The number of carbonyl (C=O) groups excluding carboxylic acids is 1. The molecule has 1 aromatic heterocycles. The lowest BCUT2D eigenvalue weighted by Gasteiger charge is -2.10. The second kappa shape index (κ2) is 7.84. The molecule has 4 rings (SSSR count). The van der Waals surface area contributed by atoms with Crippen LogP contribution in [0.1, 0.15) is 16.2 Å². The smallest absolute Gasteiger partial charge is 0.255 e. The van der Waals surface area contributed by atoms with Crippen LogP contribution in [-0.2, 0) is 10.0 Å². The van der Waals surface area contributed by atoms with E-state index in [-0.39, 0.29) is 11.4 Å². The number of nitrogens with one attached hydrogen (secondary N) is 2. The topological polar surface area (TPSA) is 93.1 Å². The standard InChI is InChI=1S/C22H19FN4O3S/c1-14-24-20-12-15(8-11-21(20)27(14)17-6-4-3-5-7-17)22(28)25-16-9-10-18(23)19(13-16)26-31(2,29)30/h3-13,26H,1-2H3,(H,25,28). The number of fused-ring (bicyclic) bond motifs is 1. The number of para-hydroxylation sites is 1. The molecule has 4 aromatic rings. The van der Waals surface area contributed by atoms with Gasteiger partial charge in [0.05, 0.1) is 23.0 Å². The number of sulfonamides is 1. The number of nitrogens with zero attached hydrogens (tertiary/aromatic N) is 2. The third-order valence-electron chi connectivity index (χ3n) is 4.62. The Bertz CT molecular complexity index is 1400. The van der Waals surface area contributed by atoms with Crippen LogP contribution in [0.25, 0.3) is 16.7 Å². The maximum Gasteiger partial charge on any atom is 0.255 e. The molecule has 0 radical (unpaired) electrons. The molecule has 0 aliphatic heterocycles. The summed E-state index contributed by atoms with van der Waals surface area (Å²) in [6, 6.07) is 18.6. The van der Waals surface area contributed by atoms with Crippen molar-refractivity contribution in [3.8, 4) is 5.69 Å². The van der Waals surface area contributed by atoms with E-state index in [2.05, 4.69) is 15.0 Å². The van der Waals surface area contributed by atoms with Crippen LogP contribution >= 0.6 is 0 Å². The molecular formula is C22H19FN4O3S. The first-order valence-electron chi connectivity index (χ1n) is 9.34. The minimum Gasteiger partial charge on any atom is -0.322 e. The average Bonchev–Trinajstić information content (AvgIpc) is 3.05. The Morgan fingerprint density at radius 1 is 1.03 bits per heavy atom. The van der Waals surface area contributed by atoms with Crippen molar-refractivity contribution in [2.45, 2.75) is 6.92 Å². The van der Waals surface area contributed by atoms with Gasteiger partial charge in [-0.1, -0.05) is 18.2 Å². The van der Waals surface area contributed by atoms with E-state index < -0.39 is 21.7 Å². The fourth-order valence-corrected chi connectivity index (χ4v) is 3.89. The van der Waals surface area contributed by atoms with E-state index in [1.807, 2.05) is 47.9 Å². The molecule has 0 saturated heterocycles. The minimum absolute atomic E-state index is 0.243. The van der Waals surface area contributed by atoms with Crippen LogP contribution in [-0.4, -0.2) is 30.1 Å². The van der Waals surface area contributed by atoms with Crippen molar-refractivity contribution >= 4 is 38.3 Å². The normalized spacial score (nSPS) is 11.5. The molecule has 0 bridgehead atoms.